The van der Waals surface area contributed by atoms with Gasteiger partial charge >= 0.3 is 5.97 Å². The van der Waals surface area contributed by atoms with E-state index in [-0.39, 0.29) is 24.9 Å². The molecule has 0 unspecified atom stereocenters. The molecule has 1 aromatic carbocycles. The predicted octanol–water partition coefficient (Wildman–Crippen LogP) is 3.51. The Bertz CT molecular complexity index is 982. The minimum Gasteiger partial charge on any atom is -0.507 e. The average molecular weight is 477 g/mol. The van der Waals surface area contributed by atoms with Gasteiger partial charge in [-0.3, -0.25) is 14.4 Å². The Morgan fingerprint density at radius 1 is 1.27 bits per heavy atom. The summed E-state index contributed by atoms with van der Waals surface area (Å²) in [4.78, 5) is 38.3. The van der Waals surface area contributed by atoms with E-state index in [9.17, 15) is 23.9 Å². The molecule has 0 spiro atoms. The Kier molecular flexibility index (Phi) is 9.28. The second-order valence-electron chi connectivity index (χ2n) is 8.60. The first kappa shape index (κ1) is 26.2. The Balaban J connectivity index is 2.05. The van der Waals surface area contributed by atoms with Crippen LogP contribution in [0.1, 0.15) is 56.8 Å². The standard InChI is InChI=1S/C24H29FN2O5S/c1-24(2,3)32-21(29)11-9-18(27-22(30)17-14-16(25)8-10-19(17)28)23(31)26-13-12-15-6-4-5-7-20(15)33/h4-6,8,10,14,18,28H,7,9,11-13H2,1-3H3,(H,26,31)(H,27,30)/t18-/m0/s1. The van der Waals surface area contributed by atoms with Crippen LogP contribution in [0, 0.1) is 5.82 Å². The minimum atomic E-state index is -1.10. The van der Waals surface area contributed by atoms with Gasteiger partial charge in [-0.2, -0.15) is 0 Å². The third kappa shape index (κ3) is 8.76. The van der Waals surface area contributed by atoms with Gasteiger partial charge in [-0.05, 0) is 57.4 Å². The molecular formula is C24H29FN2O5S. The van der Waals surface area contributed by atoms with Crippen molar-refractivity contribution in [3.8, 4) is 5.75 Å². The van der Waals surface area contributed by atoms with Crippen molar-refractivity contribution < 1.29 is 28.6 Å². The predicted molar refractivity (Wildman–Crippen MR) is 126 cm³/mol. The lowest BCUT2D eigenvalue weighted by Gasteiger charge is -2.22. The smallest absolute Gasteiger partial charge is 0.306 e. The number of halogens is 1. The summed E-state index contributed by atoms with van der Waals surface area (Å²) >= 11 is 5.31. The maximum absolute atomic E-state index is 13.5. The van der Waals surface area contributed by atoms with Gasteiger partial charge < -0.3 is 20.5 Å². The molecule has 0 saturated heterocycles. The molecule has 0 fully saturated rings. The molecule has 0 aromatic heterocycles. The molecule has 0 bridgehead atoms. The number of thiocarbonyl (C=S) groups is 1. The number of aromatic hydroxyl groups is 1. The van der Waals surface area contributed by atoms with Gasteiger partial charge in [0.05, 0.1) is 5.56 Å². The first-order chi connectivity index (χ1) is 15.5. The van der Waals surface area contributed by atoms with Gasteiger partial charge in [-0.1, -0.05) is 30.4 Å². The molecule has 1 aliphatic carbocycles. The molecule has 0 aliphatic heterocycles. The summed E-state index contributed by atoms with van der Waals surface area (Å²) in [7, 11) is 0. The molecular weight excluding hydrogens is 447 g/mol. The summed E-state index contributed by atoms with van der Waals surface area (Å²) in [5.74, 6) is -3.00. The summed E-state index contributed by atoms with van der Waals surface area (Å²) in [5, 5.41) is 15.1. The molecule has 0 radical (unpaired) electrons. The number of carbonyl (C=O) groups excluding carboxylic acids is 3. The van der Waals surface area contributed by atoms with Crippen molar-refractivity contribution in [2.24, 2.45) is 0 Å². The molecule has 9 heteroatoms. The van der Waals surface area contributed by atoms with Crippen LogP contribution in [0.5, 0.6) is 5.75 Å². The number of nitrogens with one attached hydrogen (secondary N) is 2. The Hall–Kier alpha value is -3.07. The van der Waals surface area contributed by atoms with Crippen molar-refractivity contribution in [2.45, 2.75) is 58.1 Å². The van der Waals surface area contributed by atoms with Gasteiger partial charge in [0.1, 0.15) is 23.2 Å². The number of rotatable bonds is 9. The molecule has 0 heterocycles. The zero-order valence-corrected chi connectivity index (χ0v) is 19.8. The largest absolute Gasteiger partial charge is 0.507 e. The quantitative estimate of drug-likeness (QED) is 0.372. The Labute approximate surface area is 198 Å². The first-order valence-corrected chi connectivity index (χ1v) is 11.0. The zero-order valence-electron chi connectivity index (χ0n) is 18.9. The van der Waals surface area contributed by atoms with Crippen molar-refractivity contribution in [3.05, 3.63) is 53.4 Å². The number of hydrogen-bond acceptors (Lipinski definition) is 6. The molecule has 0 saturated carbocycles. The number of ether oxygens (including phenoxy) is 1. The molecule has 178 valence electrons. The number of carbonyl (C=O) groups is 3. The lowest BCUT2D eigenvalue weighted by molar-refractivity contribution is -0.155. The highest BCUT2D eigenvalue weighted by Gasteiger charge is 2.25. The number of phenols is 1. The van der Waals surface area contributed by atoms with E-state index in [1.54, 1.807) is 20.8 Å². The molecule has 33 heavy (non-hydrogen) atoms. The van der Waals surface area contributed by atoms with Crippen LogP contribution in [-0.4, -0.2) is 45.9 Å². The molecule has 1 atom stereocenters. The summed E-state index contributed by atoms with van der Waals surface area (Å²) < 4.78 is 18.8. The van der Waals surface area contributed by atoms with E-state index < -0.39 is 41.0 Å². The van der Waals surface area contributed by atoms with Gasteiger partial charge in [0, 0.05) is 24.3 Å². The van der Waals surface area contributed by atoms with E-state index in [2.05, 4.69) is 10.6 Å². The van der Waals surface area contributed by atoms with Crippen LogP contribution in [0.25, 0.3) is 0 Å². The van der Waals surface area contributed by atoms with Crippen LogP contribution in [0.15, 0.2) is 42.0 Å². The van der Waals surface area contributed by atoms with Crippen molar-refractivity contribution >= 4 is 34.9 Å². The second kappa shape index (κ2) is 11.7. The average Bonchev–Trinajstić information content (AvgIpc) is 2.72. The van der Waals surface area contributed by atoms with Crippen molar-refractivity contribution in [1.82, 2.24) is 10.6 Å². The third-order valence-corrected chi connectivity index (χ3v) is 5.10. The third-order valence-electron chi connectivity index (χ3n) is 4.67. The molecule has 3 N–H and O–H groups in total. The van der Waals surface area contributed by atoms with E-state index in [1.165, 1.54) is 0 Å². The summed E-state index contributed by atoms with van der Waals surface area (Å²) in [5.41, 5.74) is -0.0483. The summed E-state index contributed by atoms with van der Waals surface area (Å²) in [6, 6.07) is 1.84. The summed E-state index contributed by atoms with van der Waals surface area (Å²) in [6.45, 7) is 5.46. The molecule has 2 amide bonds. The lowest BCUT2D eigenvalue weighted by atomic mass is 10.0. The van der Waals surface area contributed by atoms with Gasteiger partial charge in [0.15, 0.2) is 0 Å². The monoisotopic (exact) mass is 476 g/mol. The van der Waals surface area contributed by atoms with E-state index in [0.717, 1.165) is 28.6 Å². The van der Waals surface area contributed by atoms with E-state index in [4.69, 9.17) is 17.0 Å². The normalized spacial score (nSPS) is 14.3. The Morgan fingerprint density at radius 2 is 2.00 bits per heavy atom. The maximum Gasteiger partial charge on any atom is 0.306 e. The van der Waals surface area contributed by atoms with Gasteiger partial charge in [-0.15, -0.1) is 0 Å². The molecule has 1 aromatic rings. The van der Waals surface area contributed by atoms with Gasteiger partial charge in [0.2, 0.25) is 5.91 Å². The van der Waals surface area contributed by atoms with Crippen molar-refractivity contribution in [1.29, 1.82) is 0 Å². The van der Waals surface area contributed by atoms with Crippen molar-refractivity contribution in [3.63, 3.8) is 0 Å². The fourth-order valence-corrected chi connectivity index (χ4v) is 3.37. The van der Waals surface area contributed by atoms with E-state index in [1.807, 2.05) is 18.2 Å². The van der Waals surface area contributed by atoms with Crippen LogP contribution in [0.3, 0.4) is 0 Å². The van der Waals surface area contributed by atoms with Crippen molar-refractivity contribution in [2.75, 3.05) is 6.54 Å². The van der Waals surface area contributed by atoms with Crippen LogP contribution in [0.4, 0.5) is 4.39 Å². The topological polar surface area (TPSA) is 105 Å². The number of phenolic OH excluding ortho intramolecular Hbond substituents is 1. The molecule has 2 rings (SSSR count). The number of amides is 2. The van der Waals surface area contributed by atoms with E-state index in [0.29, 0.717) is 12.8 Å². The van der Waals surface area contributed by atoms with Gasteiger partial charge in [0.25, 0.3) is 5.91 Å². The maximum atomic E-state index is 13.5. The SMILES string of the molecule is CC(C)(C)OC(=O)CC[C@H](NC(=O)c1cc(F)ccc1O)C(=O)NCCC1=CC=CCC1=S. The van der Waals surface area contributed by atoms with Crippen LogP contribution in [0.2, 0.25) is 0 Å². The highest BCUT2D eigenvalue weighted by molar-refractivity contribution is 7.80. The number of allylic oxidation sites excluding steroid dienone is 3. The number of esters is 1. The fourth-order valence-electron chi connectivity index (χ4n) is 3.10. The molecule has 1 aliphatic rings. The zero-order chi connectivity index (χ0) is 24.6. The first-order valence-electron chi connectivity index (χ1n) is 10.6. The van der Waals surface area contributed by atoms with Crippen LogP contribution in [-0.2, 0) is 14.3 Å². The Morgan fingerprint density at radius 3 is 2.67 bits per heavy atom. The lowest BCUT2D eigenvalue weighted by Crippen LogP contribution is -2.47. The van der Waals surface area contributed by atoms with E-state index >= 15 is 0 Å². The molecule has 7 nitrogen and oxygen atoms in total. The van der Waals surface area contributed by atoms with Crippen LogP contribution < -0.4 is 10.6 Å². The summed E-state index contributed by atoms with van der Waals surface area (Å²) in [6.07, 6.45) is 6.80. The number of hydrogen-bond donors (Lipinski definition) is 3. The van der Waals surface area contributed by atoms with Crippen LogP contribution >= 0.6 is 12.2 Å². The second-order valence-corrected chi connectivity index (χ2v) is 9.09. The van der Waals surface area contributed by atoms with Gasteiger partial charge in [-0.25, -0.2) is 4.39 Å². The fraction of sp³-hybridized carbons (Fsp3) is 0.417. The minimum absolute atomic E-state index is 0.0353. The highest BCUT2D eigenvalue weighted by Crippen LogP contribution is 2.18. The highest BCUT2D eigenvalue weighted by atomic mass is 32.1. The number of benzene rings is 1.